The van der Waals surface area contributed by atoms with E-state index in [1.807, 2.05) is 0 Å². The average Bonchev–Trinajstić information content (AvgIpc) is 3.63. The summed E-state index contributed by atoms with van der Waals surface area (Å²) < 4.78 is 52.5. The van der Waals surface area contributed by atoms with Gasteiger partial charge in [-0.15, -0.1) is 0 Å². The molecule has 2 saturated heterocycles. The van der Waals surface area contributed by atoms with Crippen molar-refractivity contribution in [2.45, 2.75) is 61.9 Å². The van der Waals surface area contributed by atoms with Crippen LogP contribution in [-0.4, -0.2) is 112 Å². The smallest absolute Gasteiger partial charge is 0.388 e. The predicted molar refractivity (Wildman–Crippen MR) is 149 cm³/mol. The van der Waals surface area contributed by atoms with E-state index in [0.29, 0.717) is 11.2 Å². The number of aromatic nitrogens is 5. The Kier molecular flexibility index (Phi) is 10.2. The van der Waals surface area contributed by atoms with Crippen molar-refractivity contribution in [1.29, 1.82) is 0 Å². The van der Waals surface area contributed by atoms with E-state index in [9.17, 15) is 44.1 Å². The van der Waals surface area contributed by atoms with Crippen LogP contribution in [0.4, 0.5) is 5.82 Å². The van der Waals surface area contributed by atoms with Gasteiger partial charge in [0.15, 0.2) is 30.0 Å². The number of nitrogens with zero attached hydrogens (tertiary/aromatic N) is 5. The fourth-order valence-electron chi connectivity index (χ4n) is 4.95. The van der Waals surface area contributed by atoms with Crippen molar-refractivity contribution >= 4 is 38.5 Å². The third kappa shape index (κ3) is 7.58. The van der Waals surface area contributed by atoms with Gasteiger partial charge in [-0.3, -0.25) is 13.8 Å². The van der Waals surface area contributed by atoms with Crippen LogP contribution in [0.5, 0.6) is 0 Å². The number of aliphatic hydroxyl groups excluding tert-OH is 4. The average molecular weight is 692 g/mol. The lowest BCUT2D eigenvalue weighted by atomic mass is 10.1. The molecule has 2 fully saturated rings. The minimum Gasteiger partial charge on any atom is -0.388 e. The molecular formula is C23H32N7O14P2+. The standard InChI is InChI=1S/C23H31N7O14P2/c24-20-15-22(27-9-26-20)30(10-28-15)5-3-12-16(31)17(32)13(42-12)7-40-45(36,37)44-46(38,39)41-8-14-18(33)19(34)23(43-14)29-4-1-2-11(6-29)21(25)35/h1-2,4,6,9-10,12-14,16-19,23,31-34H,3,5,7-8H2,(H5-,24,25,26,27,35,36,37,38,39)/p+1/t12-,13+,14+,16?,17-,18?,19-,23+/m0/s1. The maximum absolute atomic E-state index is 12.4. The van der Waals surface area contributed by atoms with Gasteiger partial charge in [0, 0.05) is 12.6 Å². The molecule has 0 aliphatic carbocycles. The topological polar surface area (TPSA) is 318 Å². The molecule has 3 aromatic heterocycles. The molecule has 0 radical (unpaired) electrons. The van der Waals surface area contributed by atoms with Gasteiger partial charge >= 0.3 is 15.6 Å². The lowest BCUT2D eigenvalue weighted by Gasteiger charge is -2.20. The number of primary amides is 1. The van der Waals surface area contributed by atoms with E-state index in [1.165, 1.54) is 41.7 Å². The zero-order chi connectivity index (χ0) is 33.4. The second-order valence-corrected chi connectivity index (χ2v) is 13.5. The van der Waals surface area contributed by atoms with E-state index in [4.69, 9.17) is 30.0 Å². The molecule has 21 nitrogen and oxygen atoms in total. The van der Waals surface area contributed by atoms with Crippen LogP contribution >= 0.6 is 15.6 Å². The van der Waals surface area contributed by atoms with E-state index in [2.05, 4.69) is 19.3 Å². The van der Waals surface area contributed by atoms with Crippen molar-refractivity contribution < 1.29 is 71.5 Å². The zero-order valence-corrected chi connectivity index (χ0v) is 25.4. The molecule has 1 amide bonds. The second kappa shape index (κ2) is 13.6. The Morgan fingerprint density at radius 2 is 1.59 bits per heavy atom. The van der Waals surface area contributed by atoms with E-state index < -0.39 is 83.7 Å². The van der Waals surface area contributed by atoms with Gasteiger partial charge in [0.05, 0.1) is 25.6 Å². The number of aryl methyl sites for hydroxylation is 1. The van der Waals surface area contributed by atoms with Gasteiger partial charge in [0.2, 0.25) is 0 Å². The summed E-state index contributed by atoms with van der Waals surface area (Å²) in [6.45, 7) is -1.49. The molecule has 2 aliphatic heterocycles. The van der Waals surface area contributed by atoms with Crippen LogP contribution in [0, 0.1) is 0 Å². The van der Waals surface area contributed by atoms with Gasteiger partial charge in [0.25, 0.3) is 12.1 Å². The number of carbonyl (C=O) groups is 1. The third-order valence-corrected chi connectivity index (χ3v) is 9.89. The van der Waals surface area contributed by atoms with E-state index >= 15 is 0 Å². The molecule has 3 aromatic rings. The van der Waals surface area contributed by atoms with Crippen molar-refractivity contribution in [3.63, 3.8) is 0 Å². The summed E-state index contributed by atoms with van der Waals surface area (Å²) in [5.74, 6) is -0.578. The van der Waals surface area contributed by atoms with E-state index in [0.717, 1.165) is 0 Å². The molecule has 0 saturated carbocycles. The SMILES string of the molecule is NC(=O)c1ccc[n+]([C@@H]2O[C@H](COP(=O)(O)OP(=O)(O)OC[C@H]3O[C@@H](CCn4cnc5c(N)ncnc54)C(O)[C@H]3O)C(O)[C@@H]2O)c1. The number of hydrogen-bond acceptors (Lipinski definition) is 16. The van der Waals surface area contributed by atoms with Crippen molar-refractivity contribution in [2.24, 2.45) is 5.73 Å². The summed E-state index contributed by atoms with van der Waals surface area (Å²) in [7, 11) is -10.7. The van der Waals surface area contributed by atoms with Crippen molar-refractivity contribution in [2.75, 3.05) is 18.9 Å². The van der Waals surface area contributed by atoms with Crippen LogP contribution in [0.3, 0.4) is 0 Å². The maximum atomic E-state index is 12.4. The van der Waals surface area contributed by atoms with Gasteiger partial charge in [-0.25, -0.2) is 24.1 Å². The summed E-state index contributed by atoms with van der Waals surface area (Å²) in [5.41, 5.74) is 11.9. The van der Waals surface area contributed by atoms with Crippen LogP contribution in [0.2, 0.25) is 0 Å². The third-order valence-electron chi connectivity index (χ3n) is 7.29. The van der Waals surface area contributed by atoms with Crippen molar-refractivity contribution in [3.05, 3.63) is 42.7 Å². The summed E-state index contributed by atoms with van der Waals surface area (Å²) in [6.07, 6.45) is -5.58. The fourth-order valence-corrected chi connectivity index (χ4v) is 7.04. The number of rotatable bonds is 13. The maximum Gasteiger partial charge on any atom is 0.481 e. The van der Waals surface area contributed by atoms with Crippen LogP contribution in [0.15, 0.2) is 37.2 Å². The van der Waals surface area contributed by atoms with Crippen LogP contribution in [0.25, 0.3) is 11.2 Å². The first-order chi connectivity index (χ1) is 21.7. The predicted octanol–water partition coefficient (Wildman–Crippen LogP) is -2.76. The number of anilines is 1. The number of nitrogens with two attached hydrogens (primary N) is 2. The zero-order valence-electron chi connectivity index (χ0n) is 23.6. The molecule has 10 N–H and O–H groups in total. The number of phosphoric ester groups is 2. The van der Waals surface area contributed by atoms with Crippen LogP contribution in [0.1, 0.15) is 23.0 Å². The Morgan fingerprint density at radius 1 is 0.957 bits per heavy atom. The minimum absolute atomic E-state index is 0.0738. The van der Waals surface area contributed by atoms with Gasteiger partial charge in [-0.2, -0.15) is 8.88 Å². The molecule has 23 heteroatoms. The quantitative estimate of drug-likeness (QED) is 0.0664. The number of aliphatic hydroxyl groups is 4. The Bertz CT molecular complexity index is 1660. The van der Waals surface area contributed by atoms with Crippen LogP contribution < -0.4 is 16.0 Å². The number of imidazole rings is 1. The molecule has 0 spiro atoms. The molecule has 0 bridgehead atoms. The lowest BCUT2D eigenvalue weighted by Crippen LogP contribution is -2.46. The number of ether oxygens (including phenoxy) is 2. The first-order valence-electron chi connectivity index (χ1n) is 13.6. The number of phosphoric acid groups is 2. The summed E-state index contributed by atoms with van der Waals surface area (Å²) in [5, 5.41) is 41.6. The van der Waals surface area contributed by atoms with Crippen LogP contribution in [-0.2, 0) is 38.5 Å². The highest BCUT2D eigenvalue weighted by molar-refractivity contribution is 7.61. The largest absolute Gasteiger partial charge is 0.481 e. The molecule has 4 unspecified atom stereocenters. The first kappa shape index (κ1) is 34.3. The number of amides is 1. The monoisotopic (exact) mass is 692 g/mol. The molecule has 5 heterocycles. The summed E-state index contributed by atoms with van der Waals surface area (Å²) >= 11 is 0. The Morgan fingerprint density at radius 3 is 2.26 bits per heavy atom. The van der Waals surface area contributed by atoms with Gasteiger partial charge in [-0.1, -0.05) is 0 Å². The molecule has 0 aromatic carbocycles. The number of pyridine rings is 1. The van der Waals surface area contributed by atoms with Gasteiger partial charge in [-0.05, 0) is 12.5 Å². The fraction of sp³-hybridized carbons (Fsp3) is 0.522. The molecule has 46 heavy (non-hydrogen) atoms. The molecule has 5 rings (SSSR count). The highest BCUT2D eigenvalue weighted by atomic mass is 31.3. The second-order valence-electron chi connectivity index (χ2n) is 10.4. The Hall–Kier alpha value is -3.01. The van der Waals surface area contributed by atoms with E-state index in [-0.39, 0.29) is 24.3 Å². The van der Waals surface area contributed by atoms with E-state index in [1.54, 1.807) is 4.57 Å². The summed E-state index contributed by atoms with van der Waals surface area (Å²) in [4.78, 5) is 43.6. The molecule has 2 aliphatic rings. The lowest BCUT2D eigenvalue weighted by molar-refractivity contribution is -0.765. The molecule has 252 valence electrons. The molecular weight excluding hydrogens is 660 g/mol. The summed E-state index contributed by atoms with van der Waals surface area (Å²) in [6, 6.07) is 2.84. The number of carbonyl (C=O) groups excluding carboxylic acids is 1. The molecule has 10 atom stereocenters. The van der Waals surface area contributed by atoms with Gasteiger partial charge in [0.1, 0.15) is 47.9 Å². The minimum atomic E-state index is -5.35. The Labute approximate surface area is 259 Å². The van der Waals surface area contributed by atoms with Crippen molar-refractivity contribution in [1.82, 2.24) is 19.5 Å². The normalized spacial score (nSPS) is 30.7. The Balaban J connectivity index is 1.11. The number of hydrogen-bond donors (Lipinski definition) is 8. The highest BCUT2D eigenvalue weighted by Crippen LogP contribution is 2.60. The number of fused-ring (bicyclic) bond motifs is 1. The highest BCUT2D eigenvalue weighted by Gasteiger charge is 2.50. The van der Waals surface area contributed by atoms with Gasteiger partial charge < -0.3 is 55.7 Å². The first-order valence-corrected chi connectivity index (χ1v) is 16.6. The number of nitrogen functional groups attached to an aromatic ring is 1. The van der Waals surface area contributed by atoms with Crippen molar-refractivity contribution in [3.8, 4) is 0 Å².